The molecule has 0 aromatic carbocycles. The standard InChI is InChI=1S/C11H18N4.C5H4BrN3O/c1-13-10-7-14-5-4-11(10)15-6-2-3-9(12)8-15;6-4-1-8-5(7)3(2-10)9-4/h4-5,7,9,13H,2-3,6,8,12H2,1H3;1-2H,(H2,7,8). The van der Waals surface area contributed by atoms with E-state index in [1.165, 1.54) is 18.3 Å². The molecule has 1 aliphatic heterocycles. The number of carbonyl (C=O) groups excluding carboxylic acids is 1. The summed E-state index contributed by atoms with van der Waals surface area (Å²) in [5.74, 6) is 0.151. The summed E-state index contributed by atoms with van der Waals surface area (Å²) in [5, 5.41) is 3.16. The maximum absolute atomic E-state index is 10.2. The summed E-state index contributed by atoms with van der Waals surface area (Å²) in [6.07, 6.45) is 7.99. The average molecular weight is 408 g/mol. The fourth-order valence-electron chi connectivity index (χ4n) is 2.56. The second-order valence-corrected chi connectivity index (χ2v) is 6.38. The van der Waals surface area contributed by atoms with E-state index in [0.717, 1.165) is 25.2 Å². The smallest absolute Gasteiger partial charge is 0.172 e. The lowest BCUT2D eigenvalue weighted by Gasteiger charge is -2.33. The topological polar surface area (TPSA) is 123 Å². The van der Waals surface area contributed by atoms with Crippen LogP contribution in [0.3, 0.4) is 0 Å². The summed E-state index contributed by atoms with van der Waals surface area (Å²) in [5.41, 5.74) is 13.7. The zero-order valence-corrected chi connectivity index (χ0v) is 15.6. The second kappa shape index (κ2) is 9.28. The van der Waals surface area contributed by atoms with E-state index in [-0.39, 0.29) is 11.5 Å². The molecule has 9 heteroatoms. The van der Waals surface area contributed by atoms with Gasteiger partial charge in [-0.15, -0.1) is 0 Å². The normalized spacial score (nSPS) is 16.6. The minimum absolute atomic E-state index is 0.151. The van der Waals surface area contributed by atoms with Crippen molar-refractivity contribution in [2.24, 2.45) is 5.73 Å². The van der Waals surface area contributed by atoms with Gasteiger partial charge in [0.05, 0.1) is 23.8 Å². The summed E-state index contributed by atoms with van der Waals surface area (Å²) in [6.45, 7) is 2.03. The fourth-order valence-corrected chi connectivity index (χ4v) is 2.85. The van der Waals surface area contributed by atoms with Crippen LogP contribution in [0.15, 0.2) is 29.3 Å². The van der Waals surface area contributed by atoms with Crippen molar-refractivity contribution in [1.82, 2.24) is 15.0 Å². The van der Waals surface area contributed by atoms with Crippen LogP contribution in [-0.2, 0) is 0 Å². The first kappa shape index (κ1) is 19.1. The minimum atomic E-state index is 0.151. The van der Waals surface area contributed by atoms with Gasteiger partial charge in [-0.25, -0.2) is 9.97 Å². The lowest BCUT2D eigenvalue weighted by molar-refractivity contribution is 0.111. The van der Waals surface area contributed by atoms with Crippen LogP contribution in [0.5, 0.6) is 0 Å². The maximum Gasteiger partial charge on any atom is 0.172 e. The molecule has 0 bridgehead atoms. The van der Waals surface area contributed by atoms with Gasteiger partial charge in [0.25, 0.3) is 0 Å². The van der Waals surface area contributed by atoms with Crippen LogP contribution in [0.2, 0.25) is 0 Å². The van der Waals surface area contributed by atoms with Crippen LogP contribution in [-0.4, -0.2) is 47.4 Å². The van der Waals surface area contributed by atoms with Gasteiger partial charge in [0.2, 0.25) is 0 Å². The van der Waals surface area contributed by atoms with Gasteiger partial charge in [-0.05, 0) is 34.8 Å². The number of carbonyl (C=O) groups is 1. The van der Waals surface area contributed by atoms with Crippen molar-refractivity contribution >= 4 is 39.4 Å². The molecule has 1 unspecified atom stereocenters. The van der Waals surface area contributed by atoms with Crippen molar-refractivity contribution in [2.45, 2.75) is 18.9 Å². The highest BCUT2D eigenvalue weighted by atomic mass is 79.9. The number of aldehydes is 1. The van der Waals surface area contributed by atoms with Gasteiger partial charge in [-0.3, -0.25) is 9.78 Å². The Morgan fingerprint density at radius 3 is 2.88 bits per heavy atom. The van der Waals surface area contributed by atoms with E-state index < -0.39 is 0 Å². The number of nitrogens with zero attached hydrogens (tertiary/aromatic N) is 4. The molecule has 0 saturated carbocycles. The number of nitrogens with one attached hydrogen (secondary N) is 1. The summed E-state index contributed by atoms with van der Waals surface area (Å²) in [6, 6.07) is 2.35. The third kappa shape index (κ3) is 5.36. The number of piperidine rings is 1. The summed E-state index contributed by atoms with van der Waals surface area (Å²) in [7, 11) is 1.92. The maximum atomic E-state index is 10.2. The molecule has 0 amide bonds. The van der Waals surface area contributed by atoms with Crippen LogP contribution in [0.1, 0.15) is 23.3 Å². The SMILES string of the molecule is CNc1cnccc1N1CCCC(N)C1.Nc1ncc(Br)nc1C=O. The Morgan fingerprint density at radius 2 is 2.24 bits per heavy atom. The Balaban J connectivity index is 0.000000196. The lowest BCUT2D eigenvalue weighted by Crippen LogP contribution is -2.43. The Morgan fingerprint density at radius 1 is 1.44 bits per heavy atom. The van der Waals surface area contributed by atoms with Crippen molar-refractivity contribution in [2.75, 3.05) is 36.1 Å². The molecule has 1 fully saturated rings. The van der Waals surface area contributed by atoms with Gasteiger partial charge in [-0.1, -0.05) is 0 Å². The molecule has 3 heterocycles. The van der Waals surface area contributed by atoms with Gasteiger partial charge in [0.1, 0.15) is 10.3 Å². The molecule has 1 atom stereocenters. The van der Waals surface area contributed by atoms with Crippen LogP contribution in [0.4, 0.5) is 17.2 Å². The highest BCUT2D eigenvalue weighted by molar-refractivity contribution is 9.10. The largest absolute Gasteiger partial charge is 0.385 e. The first-order valence-electron chi connectivity index (χ1n) is 7.90. The number of anilines is 3. The third-order valence-corrected chi connectivity index (χ3v) is 4.16. The summed E-state index contributed by atoms with van der Waals surface area (Å²) < 4.78 is 0.504. The molecule has 8 nitrogen and oxygen atoms in total. The molecular weight excluding hydrogens is 386 g/mol. The Bertz CT molecular complexity index is 713. The molecule has 25 heavy (non-hydrogen) atoms. The number of aromatic nitrogens is 3. The number of halogens is 1. The molecular formula is C16H22BrN7O. The second-order valence-electron chi connectivity index (χ2n) is 5.57. The number of nitrogen functional groups attached to an aromatic ring is 1. The molecule has 0 aliphatic carbocycles. The molecule has 134 valence electrons. The van der Waals surface area contributed by atoms with Crippen LogP contribution < -0.4 is 21.7 Å². The van der Waals surface area contributed by atoms with Crippen molar-refractivity contribution in [3.8, 4) is 0 Å². The van der Waals surface area contributed by atoms with Crippen LogP contribution >= 0.6 is 15.9 Å². The van der Waals surface area contributed by atoms with E-state index >= 15 is 0 Å². The van der Waals surface area contributed by atoms with E-state index in [9.17, 15) is 4.79 Å². The zero-order valence-electron chi connectivity index (χ0n) is 14.0. The highest BCUT2D eigenvalue weighted by Crippen LogP contribution is 2.26. The predicted octanol–water partition coefficient (Wildman–Crippen LogP) is 1.68. The van der Waals surface area contributed by atoms with Crippen molar-refractivity contribution in [3.05, 3.63) is 35.0 Å². The van der Waals surface area contributed by atoms with E-state index in [0.29, 0.717) is 16.9 Å². The monoisotopic (exact) mass is 407 g/mol. The van der Waals surface area contributed by atoms with Crippen LogP contribution in [0, 0.1) is 0 Å². The van der Waals surface area contributed by atoms with E-state index in [2.05, 4.69) is 41.1 Å². The van der Waals surface area contributed by atoms with E-state index in [1.807, 2.05) is 25.5 Å². The fraction of sp³-hybridized carbons (Fsp3) is 0.375. The van der Waals surface area contributed by atoms with Gasteiger partial charge in [-0.2, -0.15) is 0 Å². The molecule has 1 aliphatic rings. The number of nitrogens with two attached hydrogens (primary N) is 2. The lowest BCUT2D eigenvalue weighted by atomic mass is 10.1. The number of rotatable bonds is 3. The van der Waals surface area contributed by atoms with Gasteiger partial charge < -0.3 is 21.7 Å². The first-order chi connectivity index (χ1) is 12.0. The number of hydrogen-bond donors (Lipinski definition) is 3. The van der Waals surface area contributed by atoms with Crippen molar-refractivity contribution in [3.63, 3.8) is 0 Å². The molecule has 0 spiro atoms. The van der Waals surface area contributed by atoms with Gasteiger partial charge >= 0.3 is 0 Å². The van der Waals surface area contributed by atoms with Gasteiger partial charge in [0, 0.05) is 32.4 Å². The minimum Gasteiger partial charge on any atom is -0.385 e. The molecule has 2 aromatic rings. The Kier molecular flexibility index (Phi) is 7.08. The number of hydrogen-bond acceptors (Lipinski definition) is 8. The summed E-state index contributed by atoms with van der Waals surface area (Å²) in [4.78, 5) is 24.1. The molecule has 0 radical (unpaired) electrons. The van der Waals surface area contributed by atoms with E-state index in [1.54, 1.807) is 0 Å². The van der Waals surface area contributed by atoms with Crippen molar-refractivity contribution in [1.29, 1.82) is 0 Å². The highest BCUT2D eigenvalue weighted by Gasteiger charge is 2.18. The zero-order chi connectivity index (χ0) is 18.2. The average Bonchev–Trinajstić information content (AvgIpc) is 2.64. The quantitative estimate of drug-likeness (QED) is 0.656. The van der Waals surface area contributed by atoms with Gasteiger partial charge in [0.15, 0.2) is 12.1 Å². The molecule has 2 aromatic heterocycles. The van der Waals surface area contributed by atoms with Crippen molar-refractivity contribution < 1.29 is 4.79 Å². The molecule has 3 rings (SSSR count). The number of pyridine rings is 1. The Labute approximate surface area is 155 Å². The molecule has 1 saturated heterocycles. The first-order valence-corrected chi connectivity index (χ1v) is 8.70. The van der Waals surface area contributed by atoms with E-state index in [4.69, 9.17) is 11.5 Å². The third-order valence-electron chi connectivity index (χ3n) is 3.78. The predicted molar refractivity (Wildman–Crippen MR) is 103 cm³/mol. The molecule has 5 N–H and O–H groups in total. The summed E-state index contributed by atoms with van der Waals surface area (Å²) >= 11 is 3.05. The van der Waals surface area contributed by atoms with Crippen LogP contribution in [0.25, 0.3) is 0 Å². The Hall–Kier alpha value is -2.26.